The number of carbonyl (C=O) groups excluding carboxylic acids is 2. The molecule has 0 saturated heterocycles. The molecule has 2 rings (SSSR count). The van der Waals surface area contributed by atoms with E-state index in [0.717, 1.165) is 0 Å². The Morgan fingerprint density at radius 2 is 1.71 bits per heavy atom. The molecule has 9 heteroatoms. The molecular formula is C19H22N2O6S. The summed E-state index contributed by atoms with van der Waals surface area (Å²) in [6.07, 6.45) is -1.02. The number of hydrogen-bond acceptors (Lipinski definition) is 6. The summed E-state index contributed by atoms with van der Waals surface area (Å²) in [5.41, 5.74) is 0.0437. The van der Waals surface area contributed by atoms with Crippen molar-refractivity contribution in [2.75, 3.05) is 18.4 Å². The molecule has 0 aliphatic rings. The van der Waals surface area contributed by atoms with Gasteiger partial charge in [-0.05, 0) is 50.2 Å². The molecule has 1 amide bonds. The minimum Gasteiger partial charge on any atom is -0.497 e. The first-order valence-corrected chi connectivity index (χ1v) is 10.0. The van der Waals surface area contributed by atoms with E-state index in [-0.39, 0.29) is 16.1 Å². The second kappa shape index (κ2) is 9.23. The number of carbonyl (C=O) groups is 2. The Morgan fingerprint density at radius 1 is 1.07 bits per heavy atom. The van der Waals surface area contributed by atoms with Crippen molar-refractivity contribution in [2.45, 2.75) is 24.8 Å². The second-order valence-electron chi connectivity index (χ2n) is 5.77. The average molecular weight is 406 g/mol. The van der Waals surface area contributed by atoms with Crippen LogP contribution in [0.4, 0.5) is 5.69 Å². The summed E-state index contributed by atoms with van der Waals surface area (Å²) in [5.74, 6) is -0.735. The van der Waals surface area contributed by atoms with Gasteiger partial charge in [-0.15, -0.1) is 0 Å². The van der Waals surface area contributed by atoms with Crippen LogP contribution in [0.5, 0.6) is 5.75 Å². The zero-order chi connectivity index (χ0) is 20.7. The third-order valence-electron chi connectivity index (χ3n) is 3.77. The molecule has 0 spiro atoms. The van der Waals surface area contributed by atoms with Crippen molar-refractivity contribution in [2.24, 2.45) is 0 Å². The normalized spacial score (nSPS) is 12.0. The van der Waals surface area contributed by atoms with E-state index in [2.05, 4.69) is 10.0 Å². The Kier molecular flexibility index (Phi) is 7.00. The van der Waals surface area contributed by atoms with Gasteiger partial charge in [0.05, 0.1) is 23.3 Å². The molecule has 0 bridgehead atoms. The molecule has 0 fully saturated rings. The van der Waals surface area contributed by atoms with E-state index >= 15 is 0 Å². The van der Waals surface area contributed by atoms with E-state index in [4.69, 9.17) is 9.47 Å². The van der Waals surface area contributed by atoms with E-state index in [1.807, 2.05) is 0 Å². The van der Waals surface area contributed by atoms with Gasteiger partial charge in [0.25, 0.3) is 15.9 Å². The van der Waals surface area contributed by atoms with E-state index < -0.39 is 28.0 Å². The first kappa shape index (κ1) is 21.2. The first-order chi connectivity index (χ1) is 13.3. The fourth-order valence-electron chi connectivity index (χ4n) is 2.30. The van der Waals surface area contributed by atoms with Gasteiger partial charge in [0.1, 0.15) is 5.75 Å². The maximum Gasteiger partial charge on any atom is 0.341 e. The van der Waals surface area contributed by atoms with Crippen LogP contribution in [0.1, 0.15) is 24.2 Å². The van der Waals surface area contributed by atoms with Crippen LogP contribution in [0, 0.1) is 0 Å². The van der Waals surface area contributed by atoms with E-state index in [0.29, 0.717) is 12.3 Å². The van der Waals surface area contributed by atoms with Gasteiger partial charge >= 0.3 is 5.97 Å². The van der Waals surface area contributed by atoms with Gasteiger partial charge in [-0.25, -0.2) is 13.2 Å². The molecule has 0 saturated carbocycles. The van der Waals surface area contributed by atoms with Gasteiger partial charge in [0.15, 0.2) is 6.10 Å². The number of amides is 1. The van der Waals surface area contributed by atoms with Crippen molar-refractivity contribution in [1.29, 1.82) is 0 Å². The standard InChI is InChI=1S/C19H22N2O6S/c1-4-20-18(22)13(2)27-19(23)16-7-5-6-8-17(16)21-28(24,25)15-11-9-14(26-3)10-12-15/h5-13,21H,4H2,1-3H3,(H,20,22)/t13-/m0/s1. The SMILES string of the molecule is CCNC(=O)[C@H](C)OC(=O)c1ccccc1NS(=O)(=O)c1ccc(OC)cc1. The molecule has 1 atom stereocenters. The van der Waals surface area contributed by atoms with Crippen LogP contribution in [-0.2, 0) is 19.6 Å². The summed E-state index contributed by atoms with van der Waals surface area (Å²) in [4.78, 5) is 24.2. The number of rotatable bonds is 8. The van der Waals surface area contributed by atoms with Gasteiger partial charge in [-0.3, -0.25) is 9.52 Å². The number of esters is 1. The number of para-hydroxylation sites is 1. The van der Waals surface area contributed by atoms with Gasteiger partial charge in [0, 0.05) is 6.54 Å². The van der Waals surface area contributed by atoms with Gasteiger partial charge < -0.3 is 14.8 Å². The zero-order valence-electron chi connectivity index (χ0n) is 15.8. The van der Waals surface area contributed by atoms with Crippen LogP contribution in [0.2, 0.25) is 0 Å². The Labute approximate surface area is 163 Å². The third-order valence-corrected chi connectivity index (χ3v) is 5.15. The minimum absolute atomic E-state index is 0.00395. The van der Waals surface area contributed by atoms with Crippen LogP contribution in [0.25, 0.3) is 0 Å². The Morgan fingerprint density at radius 3 is 2.32 bits per heavy atom. The molecule has 2 N–H and O–H groups in total. The number of ether oxygens (including phenoxy) is 2. The predicted octanol–water partition coefficient (Wildman–Crippen LogP) is 2.18. The molecule has 2 aromatic carbocycles. The molecule has 2 aromatic rings. The number of methoxy groups -OCH3 is 1. The zero-order valence-corrected chi connectivity index (χ0v) is 16.6. The smallest absolute Gasteiger partial charge is 0.341 e. The van der Waals surface area contributed by atoms with Crippen molar-refractivity contribution in [3.05, 3.63) is 54.1 Å². The van der Waals surface area contributed by atoms with Crippen molar-refractivity contribution in [1.82, 2.24) is 5.32 Å². The van der Waals surface area contributed by atoms with Crippen molar-refractivity contribution in [3.63, 3.8) is 0 Å². The Bertz CT molecular complexity index is 941. The number of nitrogens with one attached hydrogen (secondary N) is 2. The van der Waals surface area contributed by atoms with Crippen molar-refractivity contribution in [3.8, 4) is 5.75 Å². The lowest BCUT2D eigenvalue weighted by Crippen LogP contribution is -2.35. The molecule has 28 heavy (non-hydrogen) atoms. The first-order valence-electron chi connectivity index (χ1n) is 8.53. The maximum absolute atomic E-state index is 12.6. The van der Waals surface area contributed by atoms with Crippen LogP contribution >= 0.6 is 0 Å². The molecular weight excluding hydrogens is 384 g/mol. The molecule has 0 aromatic heterocycles. The molecule has 0 heterocycles. The lowest BCUT2D eigenvalue weighted by molar-refractivity contribution is -0.128. The topological polar surface area (TPSA) is 111 Å². The monoisotopic (exact) mass is 406 g/mol. The molecule has 0 aliphatic carbocycles. The van der Waals surface area contributed by atoms with Crippen molar-refractivity contribution < 1.29 is 27.5 Å². The van der Waals surface area contributed by atoms with E-state index in [9.17, 15) is 18.0 Å². The lowest BCUT2D eigenvalue weighted by atomic mass is 10.2. The molecule has 8 nitrogen and oxygen atoms in total. The largest absolute Gasteiger partial charge is 0.497 e. The fraction of sp³-hybridized carbons (Fsp3) is 0.263. The highest BCUT2D eigenvalue weighted by atomic mass is 32.2. The second-order valence-corrected chi connectivity index (χ2v) is 7.45. The van der Waals surface area contributed by atoms with Crippen LogP contribution in [0.15, 0.2) is 53.4 Å². The molecule has 150 valence electrons. The number of hydrogen-bond donors (Lipinski definition) is 2. The van der Waals surface area contributed by atoms with E-state index in [1.54, 1.807) is 19.1 Å². The number of sulfonamides is 1. The summed E-state index contributed by atoms with van der Waals surface area (Å²) in [5, 5.41) is 2.55. The van der Waals surface area contributed by atoms with Crippen LogP contribution in [0.3, 0.4) is 0 Å². The quantitative estimate of drug-likeness (QED) is 0.650. The average Bonchev–Trinajstić information content (AvgIpc) is 2.68. The third kappa shape index (κ3) is 5.23. The highest BCUT2D eigenvalue weighted by molar-refractivity contribution is 7.92. The van der Waals surface area contributed by atoms with Gasteiger partial charge in [-0.2, -0.15) is 0 Å². The Hall–Kier alpha value is -3.07. The maximum atomic E-state index is 12.6. The Balaban J connectivity index is 2.23. The summed E-state index contributed by atoms with van der Waals surface area (Å²) in [6.45, 7) is 3.59. The van der Waals surface area contributed by atoms with Crippen LogP contribution in [-0.4, -0.2) is 40.1 Å². The highest BCUT2D eigenvalue weighted by Gasteiger charge is 2.22. The van der Waals surface area contributed by atoms with Gasteiger partial charge in [-0.1, -0.05) is 12.1 Å². The fourth-order valence-corrected chi connectivity index (χ4v) is 3.38. The molecule has 0 aliphatic heterocycles. The van der Waals surface area contributed by atoms with E-state index in [1.165, 1.54) is 50.4 Å². The molecule has 0 unspecified atom stereocenters. The highest BCUT2D eigenvalue weighted by Crippen LogP contribution is 2.22. The van der Waals surface area contributed by atoms with Crippen molar-refractivity contribution >= 4 is 27.6 Å². The summed E-state index contributed by atoms with van der Waals surface area (Å²) in [6, 6.07) is 11.8. The summed E-state index contributed by atoms with van der Waals surface area (Å²) < 4.78 is 37.8. The minimum atomic E-state index is -3.94. The molecule has 0 radical (unpaired) electrons. The van der Waals surface area contributed by atoms with Gasteiger partial charge in [0.2, 0.25) is 0 Å². The summed E-state index contributed by atoms with van der Waals surface area (Å²) in [7, 11) is -2.46. The van der Waals surface area contributed by atoms with Crippen LogP contribution < -0.4 is 14.8 Å². The summed E-state index contributed by atoms with van der Waals surface area (Å²) >= 11 is 0. The lowest BCUT2D eigenvalue weighted by Gasteiger charge is -2.15. The number of likely N-dealkylation sites (N-methyl/N-ethyl adjacent to an activating group) is 1. The predicted molar refractivity (Wildman–Crippen MR) is 104 cm³/mol. The number of anilines is 1. The number of benzene rings is 2.